The van der Waals surface area contributed by atoms with Crippen LogP contribution in [0.3, 0.4) is 0 Å². The van der Waals surface area contributed by atoms with E-state index in [0.29, 0.717) is 47.8 Å². The van der Waals surface area contributed by atoms with Gasteiger partial charge in [-0.1, -0.05) is 20.8 Å². The van der Waals surface area contributed by atoms with E-state index in [9.17, 15) is 13.5 Å². The molecule has 0 radical (unpaired) electrons. The number of hydrogen-bond acceptors (Lipinski definition) is 5. The van der Waals surface area contributed by atoms with Gasteiger partial charge in [-0.25, -0.2) is 8.42 Å². The molecule has 206 valence electrons. The summed E-state index contributed by atoms with van der Waals surface area (Å²) in [5.41, 5.74) is 1.41. The van der Waals surface area contributed by atoms with E-state index in [1.54, 1.807) is 4.31 Å². The Morgan fingerprint density at radius 1 is 0.944 bits per heavy atom. The quantitative estimate of drug-likeness (QED) is 0.589. The van der Waals surface area contributed by atoms with Gasteiger partial charge in [-0.15, -0.1) is 0 Å². The van der Waals surface area contributed by atoms with Gasteiger partial charge >= 0.3 is 0 Å². The molecule has 0 amide bonds. The first-order valence-corrected chi connectivity index (χ1v) is 16.7. The standard InChI is InChI=1S/C29H47NO5S.H2/c1-26(2)24-8-7-20-22-13-23-21(6-5-19(35-23)14-30(36(4,32)33)18-15-34-16-18)27(22,3)11-12-28(20)17-29(24,28)10-9-25(26)31;/h18-25,31H,5-17H2,1-4H3;1H/t19?,20?,21?,22?,23?,24?,25-,27+,28-,29?;/m0./s1. The lowest BCUT2D eigenvalue weighted by molar-refractivity contribution is -0.136. The lowest BCUT2D eigenvalue weighted by Crippen LogP contribution is -2.55. The van der Waals surface area contributed by atoms with Gasteiger partial charge in [0.2, 0.25) is 10.0 Å². The van der Waals surface area contributed by atoms with Crippen LogP contribution in [-0.4, -0.2) is 68.2 Å². The Hall–Kier alpha value is -0.210. The van der Waals surface area contributed by atoms with Crippen molar-refractivity contribution < 1.29 is 24.4 Å². The minimum atomic E-state index is -3.27. The zero-order valence-corrected chi connectivity index (χ0v) is 23.6. The SMILES string of the molecule is CC1(C)C2CCC3C4CC5OC(CN(C6COC6)S(C)(=O)=O)CCC5[C@@]4(C)CC[C@]34CC24CC[C@@H]1O.[HH]. The molecule has 7 aliphatic rings. The maximum atomic E-state index is 12.5. The van der Waals surface area contributed by atoms with Gasteiger partial charge < -0.3 is 14.6 Å². The van der Waals surface area contributed by atoms with Crippen molar-refractivity contribution in [2.45, 2.75) is 109 Å². The molecule has 7 fully saturated rings. The van der Waals surface area contributed by atoms with Crippen LogP contribution in [0.25, 0.3) is 0 Å². The molecular weight excluding hydrogens is 474 g/mol. The topological polar surface area (TPSA) is 76.1 Å². The van der Waals surface area contributed by atoms with E-state index in [2.05, 4.69) is 20.8 Å². The second kappa shape index (κ2) is 7.71. The molecule has 7 heteroatoms. The van der Waals surface area contributed by atoms with Crippen molar-refractivity contribution in [1.82, 2.24) is 4.31 Å². The van der Waals surface area contributed by atoms with Crippen molar-refractivity contribution in [2.24, 2.45) is 45.3 Å². The van der Waals surface area contributed by atoms with Crippen LogP contribution in [0.1, 0.15) is 86.4 Å². The molecule has 0 bridgehead atoms. The van der Waals surface area contributed by atoms with Gasteiger partial charge in [0, 0.05) is 7.97 Å². The number of nitrogens with zero attached hydrogens (tertiary/aromatic N) is 1. The maximum absolute atomic E-state index is 12.5. The number of aliphatic hydroxyl groups excluding tert-OH is 1. The number of aliphatic hydroxyl groups is 1. The summed E-state index contributed by atoms with van der Waals surface area (Å²) in [5, 5.41) is 10.9. The highest BCUT2D eigenvalue weighted by Gasteiger charge is 2.80. The van der Waals surface area contributed by atoms with Crippen LogP contribution in [0.5, 0.6) is 0 Å². The molecule has 1 N–H and O–H groups in total. The van der Waals surface area contributed by atoms with E-state index in [1.807, 2.05) is 0 Å². The van der Waals surface area contributed by atoms with E-state index >= 15 is 0 Å². The highest BCUT2D eigenvalue weighted by molar-refractivity contribution is 7.88. The number of ether oxygens (including phenoxy) is 2. The third-order valence-electron chi connectivity index (χ3n) is 13.5. The lowest BCUT2D eigenvalue weighted by Gasteiger charge is -2.59. The molecule has 0 aromatic carbocycles. The van der Waals surface area contributed by atoms with Gasteiger partial charge in [0.25, 0.3) is 0 Å². The van der Waals surface area contributed by atoms with Crippen LogP contribution in [0.2, 0.25) is 0 Å². The van der Waals surface area contributed by atoms with E-state index in [1.165, 1.54) is 57.6 Å². The third-order valence-corrected chi connectivity index (χ3v) is 14.8. The average molecular weight is 524 g/mol. The summed E-state index contributed by atoms with van der Waals surface area (Å²) in [7, 11) is -3.27. The normalized spacial score (nSPS) is 53.4. The molecule has 2 aliphatic heterocycles. The van der Waals surface area contributed by atoms with Crippen molar-refractivity contribution in [3.8, 4) is 0 Å². The number of rotatable bonds is 4. The highest BCUT2D eigenvalue weighted by atomic mass is 32.2. The van der Waals surface area contributed by atoms with Crippen molar-refractivity contribution in [3.63, 3.8) is 0 Å². The number of fused-ring (bicyclic) bond motifs is 4. The van der Waals surface area contributed by atoms with E-state index in [0.717, 1.165) is 24.7 Å². The fourth-order valence-electron chi connectivity index (χ4n) is 11.6. The zero-order valence-electron chi connectivity index (χ0n) is 22.7. The van der Waals surface area contributed by atoms with Gasteiger partial charge in [0.15, 0.2) is 0 Å². The van der Waals surface area contributed by atoms with Crippen LogP contribution in [0, 0.1) is 45.3 Å². The number of hydrogen-bond donors (Lipinski definition) is 1. The Balaban J connectivity index is 0.00000252. The summed E-state index contributed by atoms with van der Waals surface area (Å²) >= 11 is 0. The molecule has 5 saturated carbocycles. The zero-order chi connectivity index (χ0) is 25.3. The molecule has 0 aromatic heterocycles. The van der Waals surface area contributed by atoms with Crippen molar-refractivity contribution in [3.05, 3.63) is 0 Å². The van der Waals surface area contributed by atoms with Crippen LogP contribution in [0.15, 0.2) is 0 Å². The average Bonchev–Trinajstić information content (AvgIpc) is 3.35. The van der Waals surface area contributed by atoms with Crippen LogP contribution < -0.4 is 0 Å². The van der Waals surface area contributed by atoms with Gasteiger partial charge in [0.1, 0.15) is 0 Å². The second-order valence-corrected chi connectivity index (χ2v) is 16.9. The first-order chi connectivity index (χ1) is 16.9. The first-order valence-electron chi connectivity index (χ1n) is 14.8. The van der Waals surface area contributed by atoms with E-state index in [4.69, 9.17) is 9.47 Å². The van der Waals surface area contributed by atoms with E-state index < -0.39 is 10.0 Å². The highest BCUT2D eigenvalue weighted by Crippen LogP contribution is 2.87. The summed E-state index contributed by atoms with van der Waals surface area (Å²) in [6, 6.07) is -0.0237. The molecule has 2 saturated heterocycles. The molecule has 2 heterocycles. The van der Waals surface area contributed by atoms with Crippen LogP contribution >= 0.6 is 0 Å². The van der Waals surface area contributed by atoms with Gasteiger partial charge in [0.05, 0.1) is 43.8 Å². The molecule has 5 aliphatic carbocycles. The smallest absolute Gasteiger partial charge is 0.211 e. The maximum Gasteiger partial charge on any atom is 0.211 e. The fraction of sp³-hybridized carbons (Fsp3) is 1.00. The minimum Gasteiger partial charge on any atom is -0.393 e. The Kier molecular flexibility index (Phi) is 5.31. The minimum absolute atomic E-state index is 0. The van der Waals surface area contributed by atoms with Gasteiger partial charge in [-0.2, -0.15) is 4.31 Å². The molecule has 7 unspecified atom stereocenters. The second-order valence-electron chi connectivity index (χ2n) is 15.0. The van der Waals surface area contributed by atoms with E-state index in [-0.39, 0.29) is 31.2 Å². The molecule has 0 aromatic rings. The summed E-state index contributed by atoms with van der Waals surface area (Å²) in [6.07, 6.45) is 13.7. The third kappa shape index (κ3) is 3.13. The van der Waals surface area contributed by atoms with Crippen LogP contribution in [-0.2, 0) is 19.5 Å². The molecule has 10 atom stereocenters. The van der Waals surface area contributed by atoms with Crippen molar-refractivity contribution in [2.75, 3.05) is 26.0 Å². The van der Waals surface area contributed by atoms with Crippen LogP contribution in [0.4, 0.5) is 0 Å². The monoisotopic (exact) mass is 523 g/mol. The fourth-order valence-corrected chi connectivity index (χ4v) is 12.7. The first kappa shape index (κ1) is 24.8. The summed E-state index contributed by atoms with van der Waals surface area (Å²) in [5.74, 6) is 2.84. The Labute approximate surface area is 219 Å². The Morgan fingerprint density at radius 2 is 1.69 bits per heavy atom. The summed E-state index contributed by atoms with van der Waals surface area (Å²) < 4.78 is 38.8. The van der Waals surface area contributed by atoms with Crippen molar-refractivity contribution >= 4 is 10.0 Å². The summed E-state index contributed by atoms with van der Waals surface area (Å²) in [4.78, 5) is 0. The molecule has 36 heavy (non-hydrogen) atoms. The number of sulfonamides is 1. The predicted molar refractivity (Wildman–Crippen MR) is 140 cm³/mol. The Bertz CT molecular complexity index is 1030. The Morgan fingerprint density at radius 3 is 2.39 bits per heavy atom. The molecule has 7 rings (SSSR count). The molecular formula is C29H49NO5S. The largest absolute Gasteiger partial charge is 0.393 e. The molecule has 2 spiro atoms. The lowest BCUT2D eigenvalue weighted by atomic mass is 9.46. The predicted octanol–water partition coefficient (Wildman–Crippen LogP) is 4.46. The molecule has 6 nitrogen and oxygen atoms in total. The summed E-state index contributed by atoms with van der Waals surface area (Å²) in [6.45, 7) is 8.76. The van der Waals surface area contributed by atoms with Gasteiger partial charge in [-0.3, -0.25) is 0 Å². The van der Waals surface area contributed by atoms with Gasteiger partial charge in [-0.05, 0) is 110 Å². The van der Waals surface area contributed by atoms with Crippen molar-refractivity contribution in [1.29, 1.82) is 0 Å².